The van der Waals surface area contributed by atoms with Gasteiger partial charge in [-0.2, -0.15) is 0 Å². The molecule has 3 aromatic carbocycles. The van der Waals surface area contributed by atoms with Crippen LogP contribution in [0.4, 0.5) is 5.69 Å². The van der Waals surface area contributed by atoms with E-state index in [1.807, 2.05) is 62.4 Å². The van der Waals surface area contributed by atoms with E-state index in [0.717, 1.165) is 36.0 Å². The zero-order valence-electron chi connectivity index (χ0n) is 19.2. The first-order valence-electron chi connectivity index (χ1n) is 11.7. The number of rotatable bonds is 5. The molecule has 4 nitrogen and oxygen atoms in total. The van der Waals surface area contributed by atoms with Crippen LogP contribution in [0.15, 0.2) is 60.7 Å². The predicted molar refractivity (Wildman–Crippen MR) is 129 cm³/mol. The van der Waals surface area contributed by atoms with Crippen LogP contribution in [0.25, 0.3) is 0 Å². The van der Waals surface area contributed by atoms with Gasteiger partial charge < -0.3 is 10.0 Å². The lowest BCUT2D eigenvalue weighted by Crippen LogP contribution is -2.41. The van der Waals surface area contributed by atoms with E-state index in [0.29, 0.717) is 23.4 Å². The molecule has 33 heavy (non-hydrogen) atoms. The van der Waals surface area contributed by atoms with Gasteiger partial charge in [-0.1, -0.05) is 54.1 Å². The Labute approximate surface area is 194 Å². The molecule has 0 radical (unpaired) electrons. The van der Waals surface area contributed by atoms with Crippen molar-refractivity contribution >= 4 is 17.4 Å². The molecule has 2 aliphatic rings. The van der Waals surface area contributed by atoms with E-state index in [4.69, 9.17) is 0 Å². The second-order valence-corrected chi connectivity index (χ2v) is 9.49. The lowest BCUT2D eigenvalue weighted by molar-refractivity contribution is -0.136. The fraction of sp³-hybridized carbons (Fsp3) is 0.310. The molecule has 1 heterocycles. The Morgan fingerprint density at radius 3 is 2.55 bits per heavy atom. The number of carbonyl (C=O) groups excluding carboxylic acids is 2. The quantitative estimate of drug-likeness (QED) is 0.557. The summed E-state index contributed by atoms with van der Waals surface area (Å²) < 4.78 is 0. The van der Waals surface area contributed by atoms with Crippen molar-refractivity contribution in [3.8, 4) is 0 Å². The zero-order valence-corrected chi connectivity index (χ0v) is 19.2. The third-order valence-electron chi connectivity index (χ3n) is 7.16. The van der Waals surface area contributed by atoms with Crippen molar-refractivity contribution in [1.82, 2.24) is 0 Å². The highest BCUT2D eigenvalue weighted by Gasteiger charge is 2.50. The molecule has 1 unspecified atom stereocenters. The molecule has 168 valence electrons. The normalized spacial score (nSPS) is 19.4. The van der Waals surface area contributed by atoms with Crippen molar-refractivity contribution in [3.05, 3.63) is 99.6 Å². The van der Waals surface area contributed by atoms with Crippen molar-refractivity contribution < 1.29 is 14.7 Å². The Bertz CT molecular complexity index is 1260. The minimum Gasteiger partial charge on any atom is -0.375 e. The Hall–Kier alpha value is -3.24. The summed E-state index contributed by atoms with van der Waals surface area (Å²) in [6.07, 6.45) is 4.08. The molecule has 4 heteroatoms. The largest absolute Gasteiger partial charge is 0.375 e. The van der Waals surface area contributed by atoms with Gasteiger partial charge in [0.05, 0.1) is 18.7 Å². The molecule has 1 aliphatic carbocycles. The number of aryl methyl sites for hydroxylation is 4. The van der Waals surface area contributed by atoms with Crippen LogP contribution in [0.2, 0.25) is 0 Å². The van der Waals surface area contributed by atoms with E-state index < -0.39 is 11.5 Å². The standard InChI is InChI=1S/C29H29NO3/c1-19-11-12-20(2)24(15-19)18-30-26-10-6-5-9-25(26)29(33,28(30)32)17-27(31)23-14-13-21-7-3-4-8-22(21)16-23/h5-6,9-16,33H,3-4,7-8,17-18H2,1-2H3. The SMILES string of the molecule is Cc1ccc(C)c(CN2C(=O)C(O)(CC(=O)c3ccc4c(c3)CCCC4)c3ccccc32)c1. The molecule has 5 rings (SSSR count). The number of aliphatic hydroxyl groups is 1. The summed E-state index contributed by atoms with van der Waals surface area (Å²) in [5, 5.41) is 11.6. The molecule has 0 bridgehead atoms. The van der Waals surface area contributed by atoms with Crippen LogP contribution in [-0.2, 0) is 29.8 Å². The van der Waals surface area contributed by atoms with Crippen LogP contribution in [0.5, 0.6) is 0 Å². The number of amides is 1. The van der Waals surface area contributed by atoms with Gasteiger partial charge in [-0.3, -0.25) is 9.59 Å². The summed E-state index contributed by atoms with van der Waals surface area (Å²) in [5.74, 6) is -0.640. The third kappa shape index (κ3) is 3.79. The molecule has 3 aromatic rings. The van der Waals surface area contributed by atoms with Gasteiger partial charge >= 0.3 is 0 Å². The van der Waals surface area contributed by atoms with Crippen LogP contribution in [0.1, 0.15) is 63.0 Å². The van der Waals surface area contributed by atoms with Gasteiger partial charge in [0, 0.05) is 11.1 Å². The predicted octanol–water partition coefficient (Wildman–Crippen LogP) is 5.19. The molecule has 1 atom stereocenters. The van der Waals surface area contributed by atoms with Gasteiger partial charge in [0.2, 0.25) is 0 Å². The third-order valence-corrected chi connectivity index (χ3v) is 7.16. The summed E-state index contributed by atoms with van der Waals surface area (Å²) in [4.78, 5) is 28.5. The topological polar surface area (TPSA) is 57.6 Å². The second-order valence-electron chi connectivity index (χ2n) is 9.49. The van der Waals surface area contributed by atoms with E-state index >= 15 is 0 Å². The van der Waals surface area contributed by atoms with E-state index in [2.05, 4.69) is 6.07 Å². The van der Waals surface area contributed by atoms with Gasteiger partial charge in [0.15, 0.2) is 11.4 Å². The summed E-state index contributed by atoms with van der Waals surface area (Å²) in [6, 6.07) is 19.3. The van der Waals surface area contributed by atoms with Crippen LogP contribution < -0.4 is 4.90 Å². The summed E-state index contributed by atoms with van der Waals surface area (Å²) in [7, 11) is 0. The lowest BCUT2D eigenvalue weighted by Gasteiger charge is -2.24. The number of nitrogens with zero attached hydrogens (tertiary/aromatic N) is 1. The van der Waals surface area contributed by atoms with Crippen molar-refractivity contribution in [3.63, 3.8) is 0 Å². The first-order chi connectivity index (χ1) is 15.9. The fourth-order valence-electron chi connectivity index (χ4n) is 5.22. The number of anilines is 1. The average molecular weight is 440 g/mol. The number of hydrogen-bond donors (Lipinski definition) is 1. The summed E-state index contributed by atoms with van der Waals surface area (Å²) in [5.41, 5.74) is 5.65. The Morgan fingerprint density at radius 2 is 1.73 bits per heavy atom. The Kier molecular flexibility index (Phi) is 5.41. The molecule has 1 amide bonds. The number of carbonyl (C=O) groups is 2. The van der Waals surface area contributed by atoms with Gasteiger partial charge in [0.25, 0.3) is 5.91 Å². The van der Waals surface area contributed by atoms with Crippen molar-refractivity contribution in [2.75, 3.05) is 4.90 Å². The number of hydrogen-bond acceptors (Lipinski definition) is 3. The van der Waals surface area contributed by atoms with Crippen molar-refractivity contribution in [1.29, 1.82) is 0 Å². The maximum atomic E-state index is 13.6. The monoisotopic (exact) mass is 439 g/mol. The highest BCUT2D eigenvalue weighted by Crippen LogP contribution is 2.43. The minimum absolute atomic E-state index is 0.206. The van der Waals surface area contributed by atoms with Crippen molar-refractivity contribution in [2.45, 2.75) is 58.1 Å². The summed E-state index contributed by atoms with van der Waals surface area (Å²) >= 11 is 0. The molecule has 0 fully saturated rings. The number of para-hydroxylation sites is 1. The molecule has 0 saturated heterocycles. The number of benzene rings is 3. The van der Waals surface area contributed by atoms with E-state index in [1.54, 1.807) is 11.0 Å². The van der Waals surface area contributed by atoms with Crippen LogP contribution in [-0.4, -0.2) is 16.8 Å². The molecular formula is C29H29NO3. The van der Waals surface area contributed by atoms with Gasteiger partial charge in [0.1, 0.15) is 0 Å². The van der Waals surface area contributed by atoms with E-state index in [9.17, 15) is 14.7 Å². The van der Waals surface area contributed by atoms with Gasteiger partial charge in [-0.25, -0.2) is 0 Å². The molecule has 0 spiro atoms. The Morgan fingerprint density at radius 1 is 0.970 bits per heavy atom. The molecule has 1 N–H and O–H groups in total. The van der Waals surface area contributed by atoms with Gasteiger partial charge in [-0.15, -0.1) is 0 Å². The number of fused-ring (bicyclic) bond motifs is 2. The smallest absolute Gasteiger partial charge is 0.264 e. The maximum absolute atomic E-state index is 13.6. The van der Waals surface area contributed by atoms with Crippen molar-refractivity contribution in [2.24, 2.45) is 0 Å². The zero-order chi connectivity index (χ0) is 23.2. The number of ketones is 1. The molecule has 0 saturated carbocycles. The van der Waals surface area contributed by atoms with E-state index in [1.165, 1.54) is 17.5 Å². The molecule has 1 aliphatic heterocycles. The highest BCUT2D eigenvalue weighted by atomic mass is 16.3. The number of Topliss-reactive ketones (excluding diaryl/α,β-unsaturated/α-hetero) is 1. The van der Waals surface area contributed by atoms with Crippen LogP contribution >= 0.6 is 0 Å². The highest BCUT2D eigenvalue weighted by molar-refractivity contribution is 6.10. The van der Waals surface area contributed by atoms with Crippen LogP contribution in [0.3, 0.4) is 0 Å². The second kappa shape index (κ2) is 8.27. The first-order valence-corrected chi connectivity index (χ1v) is 11.7. The maximum Gasteiger partial charge on any atom is 0.264 e. The van der Waals surface area contributed by atoms with Gasteiger partial charge in [-0.05, 0) is 73.9 Å². The molecule has 0 aromatic heterocycles. The Balaban J connectivity index is 1.46. The minimum atomic E-state index is -1.86. The molecular weight excluding hydrogens is 410 g/mol. The van der Waals surface area contributed by atoms with Crippen LogP contribution in [0, 0.1) is 13.8 Å². The first kappa shape index (κ1) is 21.6. The van der Waals surface area contributed by atoms with E-state index in [-0.39, 0.29) is 12.2 Å². The average Bonchev–Trinajstić information content (AvgIpc) is 3.03. The fourth-order valence-corrected chi connectivity index (χ4v) is 5.22. The lowest BCUT2D eigenvalue weighted by atomic mass is 9.85. The summed E-state index contributed by atoms with van der Waals surface area (Å²) in [6.45, 7) is 4.40.